The molecule has 0 amide bonds. The lowest BCUT2D eigenvalue weighted by Crippen LogP contribution is -2.09. The van der Waals surface area contributed by atoms with Crippen LogP contribution in [-0.2, 0) is 0 Å². The number of H-pyrrole nitrogens is 1. The van der Waals surface area contributed by atoms with Gasteiger partial charge in [-0.1, -0.05) is 59.8 Å². The molecular weight excluding hydrogens is 388 g/mol. The van der Waals surface area contributed by atoms with Gasteiger partial charge in [0.15, 0.2) is 5.16 Å². The molecule has 0 aliphatic carbocycles. The molecule has 2 aromatic heterocycles. The summed E-state index contributed by atoms with van der Waals surface area (Å²) in [5, 5.41) is 3.34. The van der Waals surface area contributed by atoms with Gasteiger partial charge in [-0.15, -0.1) is 11.3 Å². The van der Waals surface area contributed by atoms with Gasteiger partial charge in [-0.3, -0.25) is 4.79 Å². The molecule has 6 heteroatoms. The van der Waals surface area contributed by atoms with Gasteiger partial charge in [0.25, 0.3) is 5.56 Å². The van der Waals surface area contributed by atoms with E-state index in [0.717, 1.165) is 33.9 Å². The van der Waals surface area contributed by atoms with Gasteiger partial charge < -0.3 is 9.72 Å². The highest BCUT2D eigenvalue weighted by Crippen LogP contribution is 2.31. The summed E-state index contributed by atoms with van der Waals surface area (Å²) in [4.78, 5) is 21.0. The maximum absolute atomic E-state index is 12.6. The van der Waals surface area contributed by atoms with Gasteiger partial charge in [0.1, 0.15) is 10.6 Å². The number of nitrogens with zero attached hydrogens (tertiary/aromatic N) is 1. The smallest absolute Gasteiger partial charge is 0.260 e. The second-order valence-electron chi connectivity index (χ2n) is 6.43. The number of hydrogen-bond acceptors (Lipinski definition) is 5. The van der Waals surface area contributed by atoms with Crippen molar-refractivity contribution >= 4 is 33.3 Å². The molecule has 0 atom stereocenters. The molecule has 2 heterocycles. The average molecular weight is 409 g/mol. The van der Waals surface area contributed by atoms with E-state index in [1.807, 2.05) is 60.0 Å². The van der Waals surface area contributed by atoms with Gasteiger partial charge in [-0.05, 0) is 31.0 Å². The lowest BCUT2D eigenvalue weighted by Gasteiger charge is -2.06. The summed E-state index contributed by atoms with van der Waals surface area (Å²) in [5.41, 5.74) is 3.12. The van der Waals surface area contributed by atoms with Crippen LogP contribution in [0.25, 0.3) is 21.3 Å². The number of ether oxygens (including phenoxy) is 1. The summed E-state index contributed by atoms with van der Waals surface area (Å²) in [5.74, 6) is 1.72. The minimum Gasteiger partial charge on any atom is -0.494 e. The maximum atomic E-state index is 12.6. The first-order valence-electron chi connectivity index (χ1n) is 9.10. The van der Waals surface area contributed by atoms with E-state index in [9.17, 15) is 4.79 Å². The van der Waals surface area contributed by atoms with Crippen molar-refractivity contribution < 1.29 is 4.74 Å². The van der Waals surface area contributed by atoms with Crippen molar-refractivity contribution in [2.24, 2.45) is 0 Å². The molecule has 0 bridgehead atoms. The van der Waals surface area contributed by atoms with E-state index >= 15 is 0 Å². The highest BCUT2D eigenvalue weighted by molar-refractivity contribution is 7.99. The Morgan fingerprint density at radius 1 is 1.11 bits per heavy atom. The maximum Gasteiger partial charge on any atom is 0.260 e. The first-order valence-corrected chi connectivity index (χ1v) is 11.0. The zero-order valence-corrected chi connectivity index (χ0v) is 17.1. The van der Waals surface area contributed by atoms with Crippen molar-refractivity contribution in [1.82, 2.24) is 9.97 Å². The molecule has 0 fully saturated rings. The normalized spacial score (nSPS) is 11.0. The number of aryl methyl sites for hydroxylation is 1. The first kappa shape index (κ1) is 18.8. The predicted octanol–water partition coefficient (Wildman–Crippen LogP) is 5.52. The van der Waals surface area contributed by atoms with E-state index in [-0.39, 0.29) is 5.56 Å². The van der Waals surface area contributed by atoms with E-state index in [1.165, 1.54) is 16.9 Å². The fourth-order valence-electron chi connectivity index (χ4n) is 2.88. The Bertz CT molecular complexity index is 1120. The Labute approximate surface area is 171 Å². The van der Waals surface area contributed by atoms with E-state index in [2.05, 4.69) is 16.9 Å². The zero-order chi connectivity index (χ0) is 19.3. The number of rotatable bonds is 7. The molecule has 0 unspecified atom stereocenters. The molecule has 0 radical (unpaired) electrons. The number of aromatic nitrogens is 2. The molecule has 0 aliphatic heterocycles. The van der Waals surface area contributed by atoms with Crippen LogP contribution in [0, 0.1) is 6.92 Å². The molecule has 0 saturated heterocycles. The Morgan fingerprint density at radius 3 is 2.68 bits per heavy atom. The minimum absolute atomic E-state index is 0.0801. The molecule has 28 heavy (non-hydrogen) atoms. The Balaban J connectivity index is 1.38. The van der Waals surface area contributed by atoms with Crippen LogP contribution in [0.1, 0.15) is 12.0 Å². The van der Waals surface area contributed by atoms with Gasteiger partial charge in [-0.25, -0.2) is 4.98 Å². The van der Waals surface area contributed by atoms with Gasteiger partial charge in [0.05, 0.1) is 12.0 Å². The molecule has 0 saturated carbocycles. The average Bonchev–Trinajstić information content (AvgIpc) is 3.14. The largest absolute Gasteiger partial charge is 0.494 e. The summed E-state index contributed by atoms with van der Waals surface area (Å²) in [6, 6.07) is 18.0. The van der Waals surface area contributed by atoms with Crippen LogP contribution in [0.2, 0.25) is 0 Å². The summed E-state index contributed by atoms with van der Waals surface area (Å²) >= 11 is 3.06. The third-order valence-corrected chi connectivity index (χ3v) is 6.16. The Morgan fingerprint density at radius 2 is 1.89 bits per heavy atom. The SMILES string of the molecule is Cc1ccc(OCCCSc2nc3scc(-c4ccccc4)c3c(=O)[nH]2)cc1. The molecule has 142 valence electrons. The van der Waals surface area contributed by atoms with Crippen molar-refractivity contribution in [2.75, 3.05) is 12.4 Å². The molecule has 0 aliphatic rings. The monoisotopic (exact) mass is 408 g/mol. The van der Waals surface area contributed by atoms with E-state index in [1.54, 1.807) is 11.8 Å². The van der Waals surface area contributed by atoms with Crippen LogP contribution in [0.3, 0.4) is 0 Å². The number of aromatic amines is 1. The Kier molecular flexibility index (Phi) is 5.78. The Hall–Kier alpha value is -2.57. The fraction of sp³-hybridized carbons (Fsp3) is 0.182. The summed E-state index contributed by atoms with van der Waals surface area (Å²) in [6.07, 6.45) is 0.875. The third kappa shape index (κ3) is 4.29. The second-order valence-corrected chi connectivity index (χ2v) is 8.37. The number of fused-ring (bicyclic) bond motifs is 1. The van der Waals surface area contributed by atoms with Gasteiger partial charge in [0.2, 0.25) is 0 Å². The van der Waals surface area contributed by atoms with Crippen LogP contribution in [0.5, 0.6) is 5.75 Å². The van der Waals surface area contributed by atoms with Gasteiger partial charge >= 0.3 is 0 Å². The van der Waals surface area contributed by atoms with Crippen molar-refractivity contribution in [3.63, 3.8) is 0 Å². The van der Waals surface area contributed by atoms with Crippen molar-refractivity contribution in [2.45, 2.75) is 18.5 Å². The topological polar surface area (TPSA) is 55.0 Å². The van der Waals surface area contributed by atoms with Crippen LogP contribution < -0.4 is 10.3 Å². The molecular formula is C22H20N2O2S2. The van der Waals surface area contributed by atoms with Gasteiger partial charge in [-0.2, -0.15) is 0 Å². The highest BCUT2D eigenvalue weighted by atomic mass is 32.2. The van der Waals surface area contributed by atoms with E-state index < -0.39 is 0 Å². The lowest BCUT2D eigenvalue weighted by molar-refractivity contribution is 0.318. The zero-order valence-electron chi connectivity index (χ0n) is 15.5. The predicted molar refractivity (Wildman–Crippen MR) is 118 cm³/mol. The second kappa shape index (κ2) is 8.63. The summed E-state index contributed by atoms with van der Waals surface area (Å²) < 4.78 is 5.74. The number of thioether (sulfide) groups is 1. The van der Waals surface area contributed by atoms with Gasteiger partial charge in [0, 0.05) is 16.7 Å². The van der Waals surface area contributed by atoms with Crippen LogP contribution in [0.4, 0.5) is 0 Å². The quantitative estimate of drug-likeness (QED) is 0.248. The highest BCUT2D eigenvalue weighted by Gasteiger charge is 2.12. The van der Waals surface area contributed by atoms with Crippen molar-refractivity contribution in [3.8, 4) is 16.9 Å². The van der Waals surface area contributed by atoms with E-state index in [0.29, 0.717) is 17.1 Å². The first-order chi connectivity index (χ1) is 13.7. The summed E-state index contributed by atoms with van der Waals surface area (Å²) in [7, 11) is 0. The van der Waals surface area contributed by atoms with Crippen LogP contribution in [-0.4, -0.2) is 22.3 Å². The lowest BCUT2D eigenvalue weighted by atomic mass is 10.1. The number of benzene rings is 2. The fourth-order valence-corrected chi connectivity index (χ4v) is 4.66. The van der Waals surface area contributed by atoms with Crippen molar-refractivity contribution in [1.29, 1.82) is 0 Å². The number of thiophene rings is 1. The minimum atomic E-state index is -0.0801. The number of hydrogen-bond donors (Lipinski definition) is 1. The molecule has 0 spiro atoms. The van der Waals surface area contributed by atoms with E-state index in [4.69, 9.17) is 4.74 Å². The standard InChI is InChI=1S/C22H20N2O2S2/c1-15-8-10-17(11-9-15)26-12-5-13-27-22-23-20(25)19-18(14-28-21(19)24-22)16-6-3-2-4-7-16/h2-4,6-11,14H,5,12-13H2,1H3,(H,23,24,25). The third-order valence-electron chi connectivity index (χ3n) is 4.32. The molecule has 4 rings (SSSR count). The number of nitrogens with one attached hydrogen (secondary N) is 1. The van der Waals surface area contributed by atoms with Crippen molar-refractivity contribution in [3.05, 3.63) is 75.9 Å². The molecule has 1 N–H and O–H groups in total. The molecule has 4 aromatic rings. The molecule has 2 aromatic carbocycles. The molecule has 4 nitrogen and oxygen atoms in total. The summed E-state index contributed by atoms with van der Waals surface area (Å²) in [6.45, 7) is 2.70. The van der Waals surface area contributed by atoms with Crippen LogP contribution >= 0.6 is 23.1 Å². The van der Waals surface area contributed by atoms with Crippen LogP contribution in [0.15, 0.2) is 69.9 Å².